The molecule has 0 saturated heterocycles. The second-order valence-corrected chi connectivity index (χ2v) is 4.08. The minimum Gasteiger partial charge on any atom is -0.462 e. The molecule has 1 N–H and O–H groups in total. The Bertz CT molecular complexity index is 642. The fourth-order valence-electron chi connectivity index (χ4n) is 1.75. The number of carbonyl (C=O) groups excluding carboxylic acids is 1. The number of hydrogen-bond acceptors (Lipinski definition) is 4. The van der Waals surface area contributed by atoms with E-state index in [1.54, 1.807) is 37.3 Å². The topological polar surface area (TPSA) is 62.1 Å². The van der Waals surface area contributed by atoms with Crippen molar-refractivity contribution in [1.82, 2.24) is 0 Å². The predicted octanol–water partition coefficient (Wildman–Crippen LogP) is 3.48. The Morgan fingerprint density at radius 2 is 1.90 bits per heavy atom. The van der Waals surface area contributed by atoms with E-state index >= 15 is 0 Å². The Balaban J connectivity index is 2.15. The van der Waals surface area contributed by atoms with E-state index in [2.05, 4.69) is 11.4 Å². The van der Waals surface area contributed by atoms with Crippen LogP contribution >= 0.6 is 0 Å². The van der Waals surface area contributed by atoms with Crippen LogP contribution in [0.2, 0.25) is 0 Å². The number of anilines is 2. The predicted molar refractivity (Wildman–Crippen MR) is 76.8 cm³/mol. The van der Waals surface area contributed by atoms with E-state index < -0.39 is 0 Å². The van der Waals surface area contributed by atoms with Crippen molar-refractivity contribution in [3.05, 3.63) is 59.7 Å². The Kier molecular flexibility index (Phi) is 4.35. The van der Waals surface area contributed by atoms with Crippen LogP contribution < -0.4 is 5.32 Å². The average molecular weight is 266 g/mol. The van der Waals surface area contributed by atoms with Crippen molar-refractivity contribution in [3.8, 4) is 6.07 Å². The fourth-order valence-corrected chi connectivity index (χ4v) is 1.75. The molecule has 0 unspecified atom stereocenters. The van der Waals surface area contributed by atoms with Gasteiger partial charge in [0.2, 0.25) is 0 Å². The quantitative estimate of drug-likeness (QED) is 0.860. The second kappa shape index (κ2) is 6.39. The molecule has 0 spiro atoms. The molecule has 0 aliphatic rings. The van der Waals surface area contributed by atoms with Gasteiger partial charge in [-0.2, -0.15) is 5.26 Å². The lowest BCUT2D eigenvalue weighted by atomic mass is 10.1. The van der Waals surface area contributed by atoms with Gasteiger partial charge in [0.15, 0.2) is 0 Å². The highest BCUT2D eigenvalue weighted by atomic mass is 16.5. The van der Waals surface area contributed by atoms with Crippen molar-refractivity contribution in [2.75, 3.05) is 11.9 Å². The summed E-state index contributed by atoms with van der Waals surface area (Å²) in [5.74, 6) is -0.337. The van der Waals surface area contributed by atoms with Gasteiger partial charge >= 0.3 is 5.97 Å². The van der Waals surface area contributed by atoms with Crippen molar-refractivity contribution in [3.63, 3.8) is 0 Å². The summed E-state index contributed by atoms with van der Waals surface area (Å²) >= 11 is 0. The lowest BCUT2D eigenvalue weighted by molar-refractivity contribution is 0.0526. The molecule has 0 saturated carbocycles. The van der Waals surface area contributed by atoms with Crippen LogP contribution in [0.15, 0.2) is 48.5 Å². The highest BCUT2D eigenvalue weighted by Crippen LogP contribution is 2.20. The van der Waals surface area contributed by atoms with Gasteiger partial charge < -0.3 is 10.1 Å². The summed E-state index contributed by atoms with van der Waals surface area (Å²) in [5, 5.41) is 12.2. The number of nitrogens with zero attached hydrogens (tertiary/aromatic N) is 1. The lowest BCUT2D eigenvalue weighted by Crippen LogP contribution is -2.04. The first-order valence-electron chi connectivity index (χ1n) is 6.28. The summed E-state index contributed by atoms with van der Waals surface area (Å²) in [4.78, 5) is 11.5. The van der Waals surface area contributed by atoms with Gasteiger partial charge in [-0.25, -0.2) is 4.79 Å². The van der Waals surface area contributed by atoms with Gasteiger partial charge in [-0.1, -0.05) is 12.1 Å². The van der Waals surface area contributed by atoms with Crippen molar-refractivity contribution in [2.45, 2.75) is 6.92 Å². The van der Waals surface area contributed by atoms with Gasteiger partial charge in [-0.05, 0) is 43.3 Å². The van der Waals surface area contributed by atoms with Gasteiger partial charge in [-0.15, -0.1) is 0 Å². The Labute approximate surface area is 117 Å². The Morgan fingerprint density at radius 1 is 1.20 bits per heavy atom. The Morgan fingerprint density at radius 3 is 2.55 bits per heavy atom. The summed E-state index contributed by atoms with van der Waals surface area (Å²) in [5.41, 5.74) is 2.62. The molecule has 100 valence electrons. The smallest absolute Gasteiger partial charge is 0.338 e. The number of rotatable bonds is 4. The van der Waals surface area contributed by atoms with Gasteiger partial charge in [0.25, 0.3) is 0 Å². The summed E-state index contributed by atoms with van der Waals surface area (Å²) in [6.45, 7) is 2.13. The van der Waals surface area contributed by atoms with Crippen LogP contribution in [-0.2, 0) is 4.74 Å². The molecule has 2 aromatic rings. The zero-order valence-corrected chi connectivity index (χ0v) is 11.1. The Hall–Kier alpha value is -2.80. The van der Waals surface area contributed by atoms with E-state index in [4.69, 9.17) is 10.00 Å². The molecule has 4 heteroatoms. The van der Waals surface area contributed by atoms with E-state index in [1.807, 2.05) is 18.2 Å². The first-order valence-corrected chi connectivity index (χ1v) is 6.28. The van der Waals surface area contributed by atoms with Gasteiger partial charge in [0, 0.05) is 5.69 Å². The number of nitriles is 1. The number of nitrogens with one attached hydrogen (secondary N) is 1. The van der Waals surface area contributed by atoms with Crippen LogP contribution in [0.1, 0.15) is 22.8 Å². The number of carbonyl (C=O) groups is 1. The number of para-hydroxylation sites is 1. The van der Waals surface area contributed by atoms with Gasteiger partial charge in [0.05, 0.1) is 23.4 Å². The standard InChI is InChI=1S/C16H14N2O2/c1-2-20-16(19)12-7-9-14(10-8-12)18-15-6-4-3-5-13(15)11-17/h3-10,18H,2H2,1H3. The molecule has 0 fully saturated rings. The summed E-state index contributed by atoms with van der Waals surface area (Å²) in [6.07, 6.45) is 0. The van der Waals surface area contributed by atoms with E-state index in [-0.39, 0.29) is 5.97 Å². The maximum absolute atomic E-state index is 11.5. The van der Waals surface area contributed by atoms with Crippen LogP contribution in [0.4, 0.5) is 11.4 Å². The van der Waals surface area contributed by atoms with E-state index in [1.165, 1.54) is 0 Å². The number of ether oxygens (including phenoxy) is 1. The SMILES string of the molecule is CCOC(=O)c1ccc(Nc2ccccc2C#N)cc1. The maximum atomic E-state index is 11.5. The molecule has 4 nitrogen and oxygen atoms in total. The monoisotopic (exact) mass is 266 g/mol. The molecule has 0 heterocycles. The molecule has 2 rings (SSSR count). The molecule has 2 aromatic carbocycles. The lowest BCUT2D eigenvalue weighted by Gasteiger charge is -2.08. The minimum absolute atomic E-state index is 0.337. The van der Waals surface area contributed by atoms with Crippen molar-refractivity contribution < 1.29 is 9.53 Å². The summed E-state index contributed by atoms with van der Waals surface area (Å²) < 4.78 is 4.92. The zero-order chi connectivity index (χ0) is 14.4. The molecule has 0 aromatic heterocycles. The molecule has 0 radical (unpaired) electrons. The molecule has 0 aliphatic heterocycles. The molecule has 0 amide bonds. The third-order valence-electron chi connectivity index (χ3n) is 2.72. The molecular weight excluding hydrogens is 252 g/mol. The molecule has 0 bridgehead atoms. The van der Waals surface area contributed by atoms with Crippen LogP contribution in [0, 0.1) is 11.3 Å². The summed E-state index contributed by atoms with van der Waals surface area (Å²) in [7, 11) is 0. The van der Waals surface area contributed by atoms with Crippen LogP contribution in [-0.4, -0.2) is 12.6 Å². The van der Waals surface area contributed by atoms with E-state index in [9.17, 15) is 4.79 Å². The summed E-state index contributed by atoms with van der Waals surface area (Å²) in [6, 6.07) is 16.3. The van der Waals surface area contributed by atoms with Crippen LogP contribution in [0.3, 0.4) is 0 Å². The maximum Gasteiger partial charge on any atom is 0.338 e. The number of benzene rings is 2. The van der Waals surface area contributed by atoms with E-state index in [0.717, 1.165) is 11.4 Å². The van der Waals surface area contributed by atoms with Gasteiger partial charge in [-0.3, -0.25) is 0 Å². The van der Waals surface area contributed by atoms with Crippen molar-refractivity contribution in [2.24, 2.45) is 0 Å². The molecular formula is C16H14N2O2. The number of hydrogen-bond donors (Lipinski definition) is 1. The molecule has 20 heavy (non-hydrogen) atoms. The first-order chi connectivity index (χ1) is 9.74. The number of esters is 1. The zero-order valence-electron chi connectivity index (χ0n) is 11.1. The third-order valence-corrected chi connectivity index (χ3v) is 2.72. The highest BCUT2D eigenvalue weighted by Gasteiger charge is 2.06. The van der Waals surface area contributed by atoms with E-state index in [0.29, 0.717) is 17.7 Å². The fraction of sp³-hybridized carbons (Fsp3) is 0.125. The van der Waals surface area contributed by atoms with Crippen molar-refractivity contribution >= 4 is 17.3 Å². The van der Waals surface area contributed by atoms with Gasteiger partial charge in [0.1, 0.15) is 6.07 Å². The molecule has 0 aliphatic carbocycles. The average Bonchev–Trinajstić information content (AvgIpc) is 2.49. The van der Waals surface area contributed by atoms with Crippen molar-refractivity contribution in [1.29, 1.82) is 5.26 Å². The van der Waals surface area contributed by atoms with Crippen LogP contribution in [0.5, 0.6) is 0 Å². The first kappa shape index (κ1) is 13.6. The normalized spacial score (nSPS) is 9.60. The highest BCUT2D eigenvalue weighted by molar-refractivity contribution is 5.90. The van der Waals surface area contributed by atoms with Crippen LogP contribution in [0.25, 0.3) is 0 Å². The minimum atomic E-state index is -0.337. The second-order valence-electron chi connectivity index (χ2n) is 4.08. The molecule has 0 atom stereocenters. The third kappa shape index (κ3) is 3.15. The largest absolute Gasteiger partial charge is 0.462 e.